The lowest BCUT2D eigenvalue weighted by molar-refractivity contribution is -0.0661. The third-order valence-corrected chi connectivity index (χ3v) is 5.67. The second-order valence-corrected chi connectivity index (χ2v) is 7.34. The van der Waals surface area contributed by atoms with Crippen LogP contribution in [-0.2, 0) is 14.2 Å². The lowest BCUT2D eigenvalue weighted by Crippen LogP contribution is -2.51. The molecular weight excluding hydrogens is 338 g/mol. The van der Waals surface area contributed by atoms with Crippen molar-refractivity contribution in [1.29, 1.82) is 0 Å². The van der Waals surface area contributed by atoms with Gasteiger partial charge in [-0.2, -0.15) is 4.98 Å². The molecule has 3 aliphatic rings. The van der Waals surface area contributed by atoms with Gasteiger partial charge in [0.05, 0.1) is 12.2 Å². The Balaban J connectivity index is 1.32. The highest BCUT2D eigenvalue weighted by molar-refractivity contribution is 5.41. The topological polar surface area (TPSA) is 106 Å². The van der Waals surface area contributed by atoms with E-state index in [1.54, 1.807) is 7.11 Å². The Morgan fingerprint density at radius 2 is 2.12 bits per heavy atom. The Labute approximate surface area is 152 Å². The number of methoxy groups -OCH3 is 1. The molecule has 2 aliphatic heterocycles. The van der Waals surface area contributed by atoms with Gasteiger partial charge in [0.15, 0.2) is 0 Å². The van der Waals surface area contributed by atoms with E-state index in [2.05, 4.69) is 19.8 Å². The molecule has 3 N–H and O–H groups in total. The van der Waals surface area contributed by atoms with E-state index in [1.165, 1.54) is 6.07 Å². The number of hydrogen-bond donors (Lipinski definition) is 2. The van der Waals surface area contributed by atoms with E-state index in [-0.39, 0.29) is 29.8 Å². The van der Waals surface area contributed by atoms with Crippen LogP contribution in [0.15, 0.2) is 10.9 Å². The Morgan fingerprint density at radius 3 is 2.85 bits per heavy atom. The van der Waals surface area contributed by atoms with Gasteiger partial charge in [0.25, 0.3) is 5.56 Å². The fourth-order valence-electron chi connectivity index (χ4n) is 4.37. The zero-order chi connectivity index (χ0) is 18.1. The number of nitrogens with one attached hydrogen (secondary N) is 1. The van der Waals surface area contributed by atoms with Gasteiger partial charge >= 0.3 is 0 Å². The van der Waals surface area contributed by atoms with Crippen LogP contribution in [0.2, 0.25) is 0 Å². The van der Waals surface area contributed by atoms with Gasteiger partial charge in [0, 0.05) is 45.9 Å². The summed E-state index contributed by atoms with van der Waals surface area (Å²) in [5.74, 6) is 1.36. The quantitative estimate of drug-likeness (QED) is 0.745. The second-order valence-electron chi connectivity index (χ2n) is 7.34. The van der Waals surface area contributed by atoms with Crippen molar-refractivity contribution in [3.8, 4) is 0 Å². The number of H-pyrrole nitrogens is 1. The molecule has 26 heavy (non-hydrogen) atoms. The number of aromatic amines is 1. The van der Waals surface area contributed by atoms with Gasteiger partial charge in [-0.1, -0.05) is 0 Å². The van der Waals surface area contributed by atoms with Gasteiger partial charge in [-0.05, 0) is 18.8 Å². The van der Waals surface area contributed by atoms with Gasteiger partial charge in [-0.15, -0.1) is 0 Å². The molecule has 0 aromatic carbocycles. The molecule has 0 spiro atoms. The van der Waals surface area contributed by atoms with Gasteiger partial charge in [0.1, 0.15) is 18.7 Å². The molecule has 4 atom stereocenters. The minimum Gasteiger partial charge on any atom is -0.379 e. The summed E-state index contributed by atoms with van der Waals surface area (Å²) in [5.41, 5.74) is 5.44. The predicted octanol–water partition coefficient (Wildman–Crippen LogP) is -0.359. The summed E-state index contributed by atoms with van der Waals surface area (Å²) in [6.45, 7) is 4.96. The number of anilines is 2. The summed E-state index contributed by atoms with van der Waals surface area (Å²) < 4.78 is 17.0. The third kappa shape index (κ3) is 3.71. The van der Waals surface area contributed by atoms with Crippen LogP contribution in [-0.4, -0.2) is 79.8 Å². The molecule has 1 aromatic heterocycles. The first-order valence-electron chi connectivity index (χ1n) is 9.22. The highest BCUT2D eigenvalue weighted by atomic mass is 16.7. The van der Waals surface area contributed by atoms with Crippen LogP contribution in [0.1, 0.15) is 12.8 Å². The van der Waals surface area contributed by atoms with Crippen molar-refractivity contribution in [2.45, 2.75) is 31.2 Å². The fourth-order valence-corrected chi connectivity index (χ4v) is 4.37. The molecule has 3 heterocycles. The number of fused-ring (bicyclic) bond motifs is 1. The molecule has 4 unspecified atom stereocenters. The van der Waals surface area contributed by atoms with Crippen molar-refractivity contribution in [2.24, 2.45) is 5.92 Å². The number of nitrogens with two attached hydrogens (primary N) is 1. The molecule has 9 heteroatoms. The van der Waals surface area contributed by atoms with E-state index in [1.807, 2.05) is 0 Å². The fraction of sp³-hybridized carbons (Fsp3) is 0.765. The van der Waals surface area contributed by atoms with Crippen LogP contribution in [0.4, 0.5) is 11.8 Å². The van der Waals surface area contributed by atoms with Crippen molar-refractivity contribution < 1.29 is 14.2 Å². The minimum atomic E-state index is -0.212. The summed E-state index contributed by atoms with van der Waals surface area (Å²) in [4.78, 5) is 22.9. The third-order valence-electron chi connectivity index (χ3n) is 5.67. The Kier molecular flexibility index (Phi) is 5.12. The second kappa shape index (κ2) is 7.51. The van der Waals surface area contributed by atoms with Crippen LogP contribution in [0.25, 0.3) is 0 Å². The van der Waals surface area contributed by atoms with Crippen molar-refractivity contribution in [3.05, 3.63) is 16.4 Å². The van der Waals surface area contributed by atoms with E-state index in [0.29, 0.717) is 18.5 Å². The minimum absolute atomic E-state index is 0.0841. The molecule has 0 amide bonds. The maximum atomic E-state index is 11.6. The first kappa shape index (κ1) is 17.7. The van der Waals surface area contributed by atoms with E-state index >= 15 is 0 Å². The SMILES string of the molecule is COC1CC(CN2CCN(c3cc(=O)[nH]c(N)n3)CC2)CC2OCOC12. The number of aromatic nitrogens is 2. The lowest BCUT2D eigenvalue weighted by atomic mass is 9.83. The number of nitrogen functional groups attached to an aromatic ring is 1. The van der Waals surface area contributed by atoms with Gasteiger partial charge < -0.3 is 24.8 Å². The average molecular weight is 365 g/mol. The first-order chi connectivity index (χ1) is 12.6. The molecule has 1 saturated carbocycles. The van der Waals surface area contributed by atoms with Crippen LogP contribution < -0.4 is 16.2 Å². The molecule has 144 valence electrons. The average Bonchev–Trinajstić information content (AvgIpc) is 3.09. The summed E-state index contributed by atoms with van der Waals surface area (Å²) >= 11 is 0. The number of hydrogen-bond acceptors (Lipinski definition) is 8. The lowest BCUT2D eigenvalue weighted by Gasteiger charge is -2.40. The number of piperazine rings is 1. The van der Waals surface area contributed by atoms with Gasteiger partial charge in [0.2, 0.25) is 5.95 Å². The standard InChI is InChI=1S/C17H27N5O4/c1-24-12-6-11(7-13-16(12)26-10-25-13)9-21-2-4-22(5-3-21)14-8-15(23)20-17(18)19-14/h8,11-13,16H,2-7,9-10H2,1H3,(H3,18,19,20,23). The van der Waals surface area contributed by atoms with Crippen LogP contribution >= 0.6 is 0 Å². The maximum absolute atomic E-state index is 11.6. The van der Waals surface area contributed by atoms with E-state index in [4.69, 9.17) is 19.9 Å². The van der Waals surface area contributed by atoms with Crippen molar-refractivity contribution in [3.63, 3.8) is 0 Å². The molecule has 3 fully saturated rings. The molecule has 0 radical (unpaired) electrons. The summed E-state index contributed by atoms with van der Waals surface area (Å²) in [6, 6.07) is 1.51. The van der Waals surface area contributed by atoms with E-state index in [0.717, 1.165) is 45.6 Å². The van der Waals surface area contributed by atoms with Gasteiger partial charge in [-0.25, -0.2) is 0 Å². The summed E-state index contributed by atoms with van der Waals surface area (Å²) in [6.07, 6.45) is 2.39. The summed E-state index contributed by atoms with van der Waals surface area (Å²) in [5, 5.41) is 0. The highest BCUT2D eigenvalue weighted by Gasteiger charge is 2.43. The van der Waals surface area contributed by atoms with Crippen LogP contribution in [0.5, 0.6) is 0 Å². The maximum Gasteiger partial charge on any atom is 0.254 e. The van der Waals surface area contributed by atoms with Crippen molar-refractivity contribution in [1.82, 2.24) is 14.9 Å². The smallest absolute Gasteiger partial charge is 0.254 e. The normalized spacial score (nSPS) is 32.6. The van der Waals surface area contributed by atoms with Crippen LogP contribution in [0, 0.1) is 5.92 Å². The molecule has 1 aromatic rings. The zero-order valence-electron chi connectivity index (χ0n) is 15.1. The Hall–Kier alpha value is -1.68. The number of rotatable bonds is 4. The monoisotopic (exact) mass is 365 g/mol. The molecular formula is C17H27N5O4. The molecule has 0 bridgehead atoms. The zero-order valence-corrected chi connectivity index (χ0v) is 15.1. The molecule has 2 saturated heterocycles. The van der Waals surface area contributed by atoms with E-state index < -0.39 is 0 Å². The van der Waals surface area contributed by atoms with Crippen molar-refractivity contribution >= 4 is 11.8 Å². The predicted molar refractivity (Wildman–Crippen MR) is 96.1 cm³/mol. The highest BCUT2D eigenvalue weighted by Crippen LogP contribution is 2.34. The Bertz CT molecular complexity index is 675. The largest absolute Gasteiger partial charge is 0.379 e. The summed E-state index contributed by atoms with van der Waals surface area (Å²) in [7, 11) is 1.75. The molecule has 9 nitrogen and oxygen atoms in total. The molecule has 1 aliphatic carbocycles. The Morgan fingerprint density at radius 1 is 1.31 bits per heavy atom. The van der Waals surface area contributed by atoms with Crippen LogP contribution in [0.3, 0.4) is 0 Å². The van der Waals surface area contributed by atoms with Gasteiger partial charge in [-0.3, -0.25) is 14.7 Å². The number of ether oxygens (including phenoxy) is 3. The number of nitrogens with zero attached hydrogens (tertiary/aromatic N) is 3. The van der Waals surface area contributed by atoms with E-state index in [9.17, 15) is 4.79 Å². The molecule has 4 rings (SSSR count). The van der Waals surface area contributed by atoms with Crippen molar-refractivity contribution in [2.75, 3.05) is 57.3 Å². The first-order valence-corrected chi connectivity index (χ1v) is 9.22.